The summed E-state index contributed by atoms with van der Waals surface area (Å²) >= 11 is 0. The number of hydrogen-bond donors (Lipinski definition) is 0. The van der Waals surface area contributed by atoms with Crippen LogP contribution in [0.3, 0.4) is 0 Å². The average molecular weight is 426 g/mol. The fraction of sp³-hybridized carbons (Fsp3) is 0. The van der Waals surface area contributed by atoms with E-state index in [-0.39, 0.29) is 110 Å². The molecule has 0 fully saturated rings. The first-order chi connectivity index (χ1) is 6.00. The fourth-order valence-corrected chi connectivity index (χ4v) is 0. The van der Waals surface area contributed by atoms with Crippen LogP contribution in [0.4, 0.5) is 0 Å². The van der Waals surface area contributed by atoms with E-state index in [1.807, 2.05) is 0 Å². The Morgan fingerprint density at radius 3 is 0.421 bits per heavy atom. The summed E-state index contributed by atoms with van der Waals surface area (Å²) in [4.78, 5) is 0. The van der Waals surface area contributed by atoms with Crippen LogP contribution in [0.1, 0.15) is 0 Å². The number of rotatable bonds is 0. The van der Waals surface area contributed by atoms with Crippen molar-refractivity contribution in [3.8, 4) is 0 Å². The molecule has 0 N–H and O–H groups in total. The molecule has 0 aromatic carbocycles. The summed E-state index contributed by atoms with van der Waals surface area (Å²) in [6.07, 6.45) is 0. The van der Waals surface area contributed by atoms with Gasteiger partial charge in [-0.2, -0.15) is 0 Å². The molecule has 19 heavy (non-hydrogen) atoms. The van der Waals surface area contributed by atoms with Gasteiger partial charge in [-0.15, -0.1) is 0 Å². The van der Waals surface area contributed by atoms with Crippen LogP contribution in [0.5, 0.6) is 0 Å². The molecule has 0 radical (unpaired) electrons. The van der Waals surface area contributed by atoms with E-state index in [4.69, 9.17) is 52.6 Å². The molecule has 0 heterocycles. The van der Waals surface area contributed by atoms with Gasteiger partial charge in [-0.1, -0.05) is 0 Å². The first kappa shape index (κ1) is 43.2. The Morgan fingerprint density at radius 2 is 0.421 bits per heavy atom. The van der Waals surface area contributed by atoms with E-state index in [1.165, 1.54) is 0 Å². The van der Waals surface area contributed by atoms with Crippen molar-refractivity contribution in [3.05, 3.63) is 0 Å². The van der Waals surface area contributed by atoms with Gasteiger partial charge in [0.05, 0.1) is 0 Å². The van der Waals surface area contributed by atoms with Gasteiger partial charge in [0.15, 0.2) is 0 Å². The molecule has 12 nitrogen and oxygen atoms in total. The summed E-state index contributed by atoms with van der Waals surface area (Å²) in [6.45, 7) is 0. The second kappa shape index (κ2) is 19.2. The maximum absolute atomic E-state index is 8.52. The third kappa shape index (κ3) is 765. The van der Waals surface area contributed by atoms with E-state index in [2.05, 4.69) is 0 Å². The Hall–Kier alpha value is 3.19. The molecular formula is H4Al2Ca2O12S3. The van der Waals surface area contributed by atoms with Crippen LogP contribution in [0.2, 0.25) is 0 Å². The van der Waals surface area contributed by atoms with Crippen molar-refractivity contribution in [2.75, 3.05) is 0 Å². The van der Waals surface area contributed by atoms with E-state index in [0.29, 0.717) is 0 Å². The third-order valence-corrected chi connectivity index (χ3v) is 0. The molecule has 0 amide bonds. The van der Waals surface area contributed by atoms with Gasteiger partial charge in [0.25, 0.3) is 0 Å². The summed E-state index contributed by atoms with van der Waals surface area (Å²) in [7, 11) is -15.5. The Balaban J connectivity index is -0.0000000206. The van der Waals surface area contributed by atoms with Crippen molar-refractivity contribution in [3.63, 3.8) is 0 Å². The van der Waals surface area contributed by atoms with Crippen molar-refractivity contribution in [2.45, 2.75) is 0 Å². The van der Waals surface area contributed by atoms with Crippen molar-refractivity contribution in [2.24, 2.45) is 0 Å². The van der Waals surface area contributed by atoms with Crippen molar-refractivity contribution >= 4 is 141 Å². The van der Waals surface area contributed by atoms with Gasteiger partial charge in [0, 0.05) is 31.2 Å². The van der Waals surface area contributed by atoms with Crippen LogP contribution in [-0.4, -0.2) is 163 Å². The minimum atomic E-state index is -5.17. The summed E-state index contributed by atoms with van der Waals surface area (Å²) in [5, 5.41) is 0. The Bertz CT molecular complexity index is 350. The zero-order valence-electron chi connectivity index (χ0n) is 7.28. The average Bonchev–Trinajstić information content (AvgIpc) is 1.41. The van der Waals surface area contributed by atoms with E-state index >= 15 is 0 Å². The van der Waals surface area contributed by atoms with Crippen LogP contribution in [0.25, 0.3) is 0 Å². The fourth-order valence-electron chi connectivity index (χ4n) is 0. The third-order valence-electron chi connectivity index (χ3n) is 0. The molecule has 0 spiro atoms. The summed E-state index contributed by atoms with van der Waals surface area (Å²) in [5.74, 6) is 0. The SMILES string of the molecule is O=S(=O)([O-])[O-].O=S(=O)([O-])[O-].O=S(=O)([O-])[O-].[Al+3].[Al+3].[CaH2].[CaH2]. The van der Waals surface area contributed by atoms with E-state index in [9.17, 15) is 0 Å². The van der Waals surface area contributed by atoms with Gasteiger partial charge < -0.3 is 27.3 Å². The normalized spacial score (nSPS) is 9.16. The quantitative estimate of drug-likeness (QED) is 0.199. The topological polar surface area (TPSA) is 241 Å². The predicted octanol–water partition coefficient (Wildman–Crippen LogP) is -6.61. The first-order valence-electron chi connectivity index (χ1n) is 2.00. The molecule has 0 aliphatic rings. The van der Waals surface area contributed by atoms with Crippen LogP contribution < -0.4 is 0 Å². The summed E-state index contributed by atoms with van der Waals surface area (Å²) < 4.78 is 102. The van der Waals surface area contributed by atoms with Crippen LogP contribution in [-0.2, 0) is 31.2 Å². The number of hydrogen-bond acceptors (Lipinski definition) is 12. The molecule has 104 valence electrons. The Morgan fingerprint density at radius 1 is 0.421 bits per heavy atom. The van der Waals surface area contributed by atoms with Gasteiger partial charge in [-0.05, 0) is 0 Å². The van der Waals surface area contributed by atoms with Gasteiger partial charge in [-0.25, -0.2) is 0 Å². The van der Waals surface area contributed by atoms with Crippen LogP contribution >= 0.6 is 0 Å². The van der Waals surface area contributed by atoms with E-state index < -0.39 is 31.2 Å². The summed E-state index contributed by atoms with van der Waals surface area (Å²) in [5.41, 5.74) is 0. The molecular weight excluding hydrogens is 422 g/mol. The molecule has 0 saturated carbocycles. The first-order valence-corrected chi connectivity index (χ1v) is 6.00. The Labute approximate surface area is 190 Å². The molecule has 0 aromatic rings. The van der Waals surface area contributed by atoms with Gasteiger partial charge in [0.1, 0.15) is 0 Å². The molecule has 0 unspecified atom stereocenters. The predicted molar refractivity (Wildman–Crippen MR) is 60.0 cm³/mol. The van der Waals surface area contributed by atoms with Gasteiger partial charge in [-0.3, -0.25) is 25.3 Å². The molecule has 0 atom stereocenters. The molecule has 0 aromatic heterocycles. The molecule has 0 aliphatic carbocycles. The minimum absolute atomic E-state index is 0. The zero-order valence-corrected chi connectivity index (χ0v) is 12.0. The standard InChI is InChI=1S/2Al.2Ca.3H2O4S.4H/c;;;;3*1-5(2,3)4;;;;/h;;;;3*(H2,1,2,3,4);;;;/q2*+3;;;;;;;;;/p-6. The van der Waals surface area contributed by atoms with Crippen LogP contribution in [0, 0.1) is 0 Å². The molecule has 19 heteroatoms. The van der Waals surface area contributed by atoms with Crippen molar-refractivity contribution in [1.29, 1.82) is 0 Å². The molecule has 0 bridgehead atoms. The summed E-state index contributed by atoms with van der Waals surface area (Å²) in [6, 6.07) is 0. The van der Waals surface area contributed by atoms with Gasteiger partial charge >= 0.3 is 110 Å². The zero-order chi connectivity index (χ0) is 13.5. The van der Waals surface area contributed by atoms with Crippen LogP contribution in [0.15, 0.2) is 0 Å². The second-order valence-electron chi connectivity index (χ2n) is 1.22. The van der Waals surface area contributed by atoms with Crippen molar-refractivity contribution < 1.29 is 52.6 Å². The monoisotopic (exact) mass is 426 g/mol. The van der Waals surface area contributed by atoms with Crippen molar-refractivity contribution in [1.82, 2.24) is 0 Å². The second-order valence-corrected chi connectivity index (χ2v) is 3.67. The van der Waals surface area contributed by atoms with E-state index in [0.717, 1.165) is 0 Å². The molecule has 0 aliphatic heterocycles. The van der Waals surface area contributed by atoms with E-state index in [1.54, 1.807) is 0 Å². The maximum atomic E-state index is 8.52. The molecule has 0 saturated heterocycles. The van der Waals surface area contributed by atoms with Gasteiger partial charge in [0.2, 0.25) is 0 Å². The Kier molecular flexibility index (Phi) is 43.7. The molecule has 0 rings (SSSR count).